The lowest BCUT2D eigenvalue weighted by Gasteiger charge is -2.08. The molecule has 3 nitrogen and oxygen atoms in total. The number of esters is 1. The first-order valence-corrected chi connectivity index (χ1v) is 5.59. The summed E-state index contributed by atoms with van der Waals surface area (Å²) >= 11 is 0. The maximum absolute atomic E-state index is 11.7. The molecule has 0 aromatic carbocycles. The van der Waals surface area contributed by atoms with Gasteiger partial charge < -0.3 is 4.74 Å². The van der Waals surface area contributed by atoms with Gasteiger partial charge in [-0.1, -0.05) is 6.92 Å². The smallest absolute Gasteiger partial charge is 0.341 e. The normalized spacial score (nSPS) is 29.6. The molecule has 0 aromatic heterocycles. The monoisotopic (exact) mass is 208 g/mol. The molecule has 0 heterocycles. The van der Waals surface area contributed by atoms with Crippen molar-refractivity contribution in [1.29, 1.82) is 0 Å². The molecule has 2 aliphatic carbocycles. The second-order valence-electron chi connectivity index (χ2n) is 4.35. The molecular formula is C12H16O3. The van der Waals surface area contributed by atoms with Gasteiger partial charge >= 0.3 is 5.97 Å². The zero-order chi connectivity index (χ0) is 11.0. The van der Waals surface area contributed by atoms with E-state index in [9.17, 15) is 9.59 Å². The van der Waals surface area contributed by atoms with Crippen LogP contribution in [0.4, 0.5) is 0 Å². The average molecular weight is 208 g/mol. The predicted molar refractivity (Wildman–Crippen MR) is 55.2 cm³/mol. The van der Waals surface area contributed by atoms with Crippen molar-refractivity contribution in [3.8, 4) is 0 Å². The highest BCUT2D eigenvalue weighted by Gasteiger charge is 2.42. The van der Waals surface area contributed by atoms with Crippen molar-refractivity contribution in [3.05, 3.63) is 11.1 Å². The second kappa shape index (κ2) is 3.80. The zero-order valence-corrected chi connectivity index (χ0v) is 9.21. The fourth-order valence-corrected chi connectivity index (χ4v) is 2.75. The highest BCUT2D eigenvalue weighted by atomic mass is 16.5. The van der Waals surface area contributed by atoms with Crippen LogP contribution in [0.1, 0.15) is 33.1 Å². The molecule has 0 spiro atoms. The molecule has 0 amide bonds. The number of carbonyl (C=O) groups excluding carboxylic acids is 2. The third-order valence-corrected chi connectivity index (χ3v) is 3.40. The molecule has 15 heavy (non-hydrogen) atoms. The van der Waals surface area contributed by atoms with Crippen LogP contribution in [0.2, 0.25) is 0 Å². The van der Waals surface area contributed by atoms with E-state index < -0.39 is 5.97 Å². The van der Waals surface area contributed by atoms with Gasteiger partial charge in [0.1, 0.15) is 5.57 Å². The van der Waals surface area contributed by atoms with Gasteiger partial charge in [-0.2, -0.15) is 0 Å². The Morgan fingerprint density at radius 1 is 1.47 bits per heavy atom. The van der Waals surface area contributed by atoms with Crippen LogP contribution in [0, 0.1) is 11.8 Å². The van der Waals surface area contributed by atoms with E-state index in [0.717, 1.165) is 18.4 Å². The predicted octanol–water partition coefficient (Wildman–Crippen LogP) is 1.86. The minimum atomic E-state index is -0.409. The number of hydrogen-bond donors (Lipinski definition) is 0. The molecule has 0 N–H and O–H groups in total. The van der Waals surface area contributed by atoms with E-state index in [1.54, 1.807) is 6.92 Å². The fourth-order valence-electron chi connectivity index (χ4n) is 2.75. The fraction of sp³-hybridized carbons (Fsp3) is 0.667. The Balaban J connectivity index is 2.33. The molecule has 3 heteroatoms. The number of rotatable bonds is 2. The SMILES string of the molecule is CCOC(=O)C1=C2[C@@H](CC[C@H]2C)CC1=O. The van der Waals surface area contributed by atoms with Gasteiger partial charge in [-0.3, -0.25) is 4.79 Å². The minimum absolute atomic E-state index is 0.0139. The molecular weight excluding hydrogens is 192 g/mol. The van der Waals surface area contributed by atoms with Crippen LogP contribution in [0.3, 0.4) is 0 Å². The van der Waals surface area contributed by atoms with Crippen LogP contribution in [0.25, 0.3) is 0 Å². The molecule has 0 aromatic rings. The molecule has 2 aliphatic rings. The van der Waals surface area contributed by atoms with Crippen LogP contribution >= 0.6 is 0 Å². The molecule has 0 bridgehead atoms. The molecule has 0 saturated heterocycles. The summed E-state index contributed by atoms with van der Waals surface area (Å²) in [6, 6.07) is 0. The standard InChI is InChI=1S/C12H16O3/c1-3-15-12(14)11-9(13)6-8-5-4-7(2)10(8)11/h7-8H,3-6H2,1-2H3/t7-,8+/m1/s1. The van der Waals surface area contributed by atoms with Gasteiger partial charge in [0.05, 0.1) is 6.61 Å². The van der Waals surface area contributed by atoms with Crippen molar-refractivity contribution >= 4 is 11.8 Å². The van der Waals surface area contributed by atoms with E-state index in [1.165, 1.54) is 0 Å². The van der Waals surface area contributed by atoms with Crippen molar-refractivity contribution in [3.63, 3.8) is 0 Å². The summed E-state index contributed by atoms with van der Waals surface area (Å²) in [5.74, 6) is 0.279. The van der Waals surface area contributed by atoms with Crippen molar-refractivity contribution in [2.45, 2.75) is 33.1 Å². The largest absolute Gasteiger partial charge is 0.462 e. The summed E-state index contributed by atoms with van der Waals surface area (Å²) in [6.45, 7) is 4.19. The second-order valence-corrected chi connectivity index (χ2v) is 4.35. The van der Waals surface area contributed by atoms with Crippen LogP contribution in [-0.4, -0.2) is 18.4 Å². The number of ether oxygens (including phenoxy) is 1. The van der Waals surface area contributed by atoms with Crippen molar-refractivity contribution in [1.82, 2.24) is 0 Å². The Labute approximate surface area is 89.5 Å². The third-order valence-electron chi connectivity index (χ3n) is 3.40. The minimum Gasteiger partial charge on any atom is -0.462 e. The Hall–Kier alpha value is -1.12. The van der Waals surface area contributed by atoms with Crippen LogP contribution in [-0.2, 0) is 14.3 Å². The summed E-state index contributed by atoms with van der Waals surface area (Å²) in [4.78, 5) is 23.3. The van der Waals surface area contributed by atoms with Crippen molar-refractivity contribution < 1.29 is 14.3 Å². The first kappa shape index (κ1) is 10.4. The number of allylic oxidation sites excluding steroid dienone is 1. The van der Waals surface area contributed by atoms with Gasteiger partial charge in [0.15, 0.2) is 5.78 Å². The van der Waals surface area contributed by atoms with Gasteiger partial charge in [0, 0.05) is 6.42 Å². The summed E-state index contributed by atoms with van der Waals surface area (Å²) in [6.07, 6.45) is 2.66. The lowest BCUT2D eigenvalue weighted by Crippen LogP contribution is -2.14. The first-order valence-electron chi connectivity index (χ1n) is 5.59. The summed E-state index contributed by atoms with van der Waals surface area (Å²) in [5, 5.41) is 0. The number of Topliss-reactive ketones (excluding diaryl/α,β-unsaturated/α-hetero) is 1. The van der Waals surface area contributed by atoms with E-state index in [4.69, 9.17) is 4.74 Å². The van der Waals surface area contributed by atoms with Crippen LogP contribution in [0.5, 0.6) is 0 Å². The molecule has 2 rings (SSSR count). The van der Waals surface area contributed by atoms with E-state index in [1.807, 2.05) is 0 Å². The molecule has 0 aliphatic heterocycles. The molecule has 82 valence electrons. The van der Waals surface area contributed by atoms with Gasteiger partial charge in [0.25, 0.3) is 0 Å². The summed E-state index contributed by atoms with van der Waals surface area (Å²) < 4.78 is 4.94. The topological polar surface area (TPSA) is 43.4 Å². The zero-order valence-electron chi connectivity index (χ0n) is 9.21. The molecule has 1 fully saturated rings. The number of fused-ring (bicyclic) bond motifs is 1. The molecule has 2 atom stereocenters. The number of hydrogen-bond acceptors (Lipinski definition) is 3. The average Bonchev–Trinajstić information content (AvgIpc) is 2.67. The maximum Gasteiger partial charge on any atom is 0.341 e. The first-order chi connectivity index (χ1) is 7.15. The van der Waals surface area contributed by atoms with E-state index in [2.05, 4.69) is 6.92 Å². The highest BCUT2D eigenvalue weighted by molar-refractivity contribution is 6.20. The van der Waals surface area contributed by atoms with Crippen molar-refractivity contribution in [2.75, 3.05) is 6.61 Å². The Morgan fingerprint density at radius 2 is 2.20 bits per heavy atom. The Morgan fingerprint density at radius 3 is 2.87 bits per heavy atom. The van der Waals surface area contributed by atoms with E-state index >= 15 is 0 Å². The lowest BCUT2D eigenvalue weighted by atomic mass is 9.99. The Kier molecular flexibility index (Phi) is 2.63. The van der Waals surface area contributed by atoms with Crippen molar-refractivity contribution in [2.24, 2.45) is 11.8 Å². The number of carbonyl (C=O) groups is 2. The molecule has 1 saturated carbocycles. The highest BCUT2D eigenvalue weighted by Crippen LogP contribution is 2.45. The van der Waals surface area contributed by atoms with E-state index in [-0.39, 0.29) is 5.78 Å². The van der Waals surface area contributed by atoms with Gasteiger partial charge in [0.2, 0.25) is 0 Å². The quantitative estimate of drug-likeness (QED) is 0.514. The summed E-state index contributed by atoms with van der Waals surface area (Å²) in [5.41, 5.74) is 1.44. The van der Waals surface area contributed by atoms with Crippen LogP contribution in [0.15, 0.2) is 11.1 Å². The number of ketones is 1. The maximum atomic E-state index is 11.7. The molecule has 0 unspecified atom stereocenters. The van der Waals surface area contributed by atoms with Gasteiger partial charge in [-0.05, 0) is 37.2 Å². The van der Waals surface area contributed by atoms with E-state index in [0.29, 0.717) is 30.4 Å². The van der Waals surface area contributed by atoms with Gasteiger partial charge in [-0.15, -0.1) is 0 Å². The molecule has 0 radical (unpaired) electrons. The van der Waals surface area contributed by atoms with Crippen LogP contribution < -0.4 is 0 Å². The Bertz CT molecular complexity index is 341. The lowest BCUT2D eigenvalue weighted by molar-refractivity contribution is -0.139. The van der Waals surface area contributed by atoms with Gasteiger partial charge in [-0.25, -0.2) is 4.79 Å². The summed E-state index contributed by atoms with van der Waals surface area (Å²) in [7, 11) is 0. The third kappa shape index (κ3) is 1.60.